The first kappa shape index (κ1) is 9.84. The number of fused-ring (bicyclic) bond motifs is 1. The standard InChI is InChI=1S/C13H12N4/c1-9-2-4-10(5-3-9)13-15-12-8-11(14)6-7-17(12)16-13/h2-8H,14H2,1H3. The molecule has 4 heteroatoms. The van der Waals surface area contributed by atoms with Gasteiger partial charge in [0.25, 0.3) is 0 Å². The summed E-state index contributed by atoms with van der Waals surface area (Å²) in [6.07, 6.45) is 1.81. The lowest BCUT2D eigenvalue weighted by Crippen LogP contribution is -1.89. The molecule has 2 aromatic heterocycles. The van der Waals surface area contributed by atoms with E-state index in [0.717, 1.165) is 17.0 Å². The zero-order valence-electron chi connectivity index (χ0n) is 9.46. The van der Waals surface area contributed by atoms with Gasteiger partial charge in [-0.25, -0.2) is 9.50 Å². The van der Waals surface area contributed by atoms with Crippen molar-refractivity contribution in [3.8, 4) is 11.4 Å². The summed E-state index contributed by atoms with van der Waals surface area (Å²) in [4.78, 5) is 4.45. The Kier molecular flexibility index (Phi) is 2.08. The molecule has 0 saturated carbocycles. The van der Waals surface area contributed by atoms with Crippen molar-refractivity contribution in [2.75, 3.05) is 5.73 Å². The van der Waals surface area contributed by atoms with Gasteiger partial charge in [0, 0.05) is 23.5 Å². The average molecular weight is 224 g/mol. The molecule has 84 valence electrons. The van der Waals surface area contributed by atoms with E-state index >= 15 is 0 Å². The largest absolute Gasteiger partial charge is 0.399 e. The number of nitrogens with two attached hydrogens (primary N) is 1. The summed E-state index contributed by atoms with van der Waals surface area (Å²) < 4.78 is 1.73. The number of benzene rings is 1. The summed E-state index contributed by atoms with van der Waals surface area (Å²) >= 11 is 0. The third-order valence-electron chi connectivity index (χ3n) is 2.67. The first-order chi connectivity index (χ1) is 8.22. The molecule has 0 spiro atoms. The van der Waals surface area contributed by atoms with Gasteiger partial charge in [-0.05, 0) is 13.0 Å². The average Bonchev–Trinajstić information content (AvgIpc) is 2.72. The van der Waals surface area contributed by atoms with Crippen LogP contribution in [-0.4, -0.2) is 14.6 Å². The first-order valence-electron chi connectivity index (χ1n) is 5.41. The van der Waals surface area contributed by atoms with Crippen molar-refractivity contribution in [1.82, 2.24) is 14.6 Å². The number of nitrogen functional groups attached to an aromatic ring is 1. The van der Waals surface area contributed by atoms with Crippen molar-refractivity contribution >= 4 is 11.3 Å². The van der Waals surface area contributed by atoms with Gasteiger partial charge in [-0.15, -0.1) is 5.10 Å². The summed E-state index contributed by atoms with van der Waals surface area (Å²) in [7, 11) is 0. The quantitative estimate of drug-likeness (QED) is 0.690. The monoisotopic (exact) mass is 224 g/mol. The Morgan fingerprint density at radius 3 is 2.65 bits per heavy atom. The smallest absolute Gasteiger partial charge is 0.182 e. The van der Waals surface area contributed by atoms with Crippen LogP contribution in [0.3, 0.4) is 0 Å². The van der Waals surface area contributed by atoms with E-state index in [-0.39, 0.29) is 0 Å². The van der Waals surface area contributed by atoms with E-state index in [0.29, 0.717) is 5.69 Å². The lowest BCUT2D eigenvalue weighted by molar-refractivity contribution is 0.966. The highest BCUT2D eigenvalue weighted by Crippen LogP contribution is 2.17. The third-order valence-corrected chi connectivity index (χ3v) is 2.67. The van der Waals surface area contributed by atoms with E-state index in [1.54, 1.807) is 10.6 Å². The summed E-state index contributed by atoms with van der Waals surface area (Å²) in [6.45, 7) is 2.06. The SMILES string of the molecule is Cc1ccc(-c2nc3cc(N)ccn3n2)cc1. The fourth-order valence-electron chi connectivity index (χ4n) is 1.72. The van der Waals surface area contributed by atoms with Crippen molar-refractivity contribution in [2.24, 2.45) is 0 Å². The number of aryl methyl sites for hydroxylation is 1. The van der Waals surface area contributed by atoms with E-state index in [9.17, 15) is 0 Å². The van der Waals surface area contributed by atoms with Crippen LogP contribution < -0.4 is 5.73 Å². The Morgan fingerprint density at radius 1 is 1.12 bits per heavy atom. The lowest BCUT2D eigenvalue weighted by atomic mass is 10.1. The zero-order valence-corrected chi connectivity index (χ0v) is 9.46. The first-order valence-corrected chi connectivity index (χ1v) is 5.41. The van der Waals surface area contributed by atoms with Crippen LogP contribution in [0.2, 0.25) is 0 Å². The van der Waals surface area contributed by atoms with E-state index in [1.165, 1.54) is 5.56 Å². The molecular weight excluding hydrogens is 212 g/mol. The van der Waals surface area contributed by atoms with Crippen molar-refractivity contribution in [3.05, 3.63) is 48.2 Å². The van der Waals surface area contributed by atoms with Gasteiger partial charge in [0.15, 0.2) is 11.5 Å². The molecule has 3 aromatic rings. The number of hydrogen-bond acceptors (Lipinski definition) is 3. The van der Waals surface area contributed by atoms with Crippen molar-refractivity contribution in [2.45, 2.75) is 6.92 Å². The molecule has 0 unspecified atom stereocenters. The third kappa shape index (κ3) is 1.73. The molecule has 2 N–H and O–H groups in total. The molecular formula is C13H12N4. The summed E-state index contributed by atoms with van der Waals surface area (Å²) in [6, 6.07) is 11.8. The fraction of sp³-hybridized carbons (Fsp3) is 0.0769. The van der Waals surface area contributed by atoms with Gasteiger partial charge in [0.05, 0.1) is 0 Å². The number of nitrogens with zero attached hydrogens (tertiary/aromatic N) is 3. The number of anilines is 1. The molecule has 1 aromatic carbocycles. The van der Waals surface area contributed by atoms with Crippen LogP contribution in [0.4, 0.5) is 5.69 Å². The molecule has 17 heavy (non-hydrogen) atoms. The van der Waals surface area contributed by atoms with Crippen LogP contribution in [0.5, 0.6) is 0 Å². The normalized spacial score (nSPS) is 10.9. The maximum atomic E-state index is 5.71. The van der Waals surface area contributed by atoms with E-state index in [4.69, 9.17) is 5.73 Å². The second kappa shape index (κ2) is 3.59. The Hall–Kier alpha value is -2.36. The maximum Gasteiger partial charge on any atom is 0.182 e. The van der Waals surface area contributed by atoms with Gasteiger partial charge in [-0.1, -0.05) is 29.8 Å². The maximum absolute atomic E-state index is 5.71. The second-order valence-corrected chi connectivity index (χ2v) is 4.06. The molecule has 0 aliphatic heterocycles. The van der Waals surface area contributed by atoms with Gasteiger partial charge in [0.1, 0.15) is 0 Å². The minimum Gasteiger partial charge on any atom is -0.399 e. The molecule has 0 bridgehead atoms. The van der Waals surface area contributed by atoms with Gasteiger partial charge in [0.2, 0.25) is 0 Å². The van der Waals surface area contributed by atoms with Crippen molar-refractivity contribution in [3.63, 3.8) is 0 Å². The number of rotatable bonds is 1. The predicted octanol–water partition coefficient (Wildman–Crippen LogP) is 2.29. The summed E-state index contributed by atoms with van der Waals surface area (Å²) in [5.41, 5.74) is 9.41. The Labute approximate surface area is 98.7 Å². The van der Waals surface area contributed by atoms with Crippen LogP contribution in [0.1, 0.15) is 5.56 Å². The lowest BCUT2D eigenvalue weighted by Gasteiger charge is -1.94. The van der Waals surface area contributed by atoms with Gasteiger partial charge in [-0.2, -0.15) is 0 Å². The highest BCUT2D eigenvalue weighted by molar-refractivity contribution is 5.60. The highest BCUT2D eigenvalue weighted by Gasteiger charge is 2.05. The number of hydrogen-bond donors (Lipinski definition) is 1. The molecule has 0 radical (unpaired) electrons. The van der Waals surface area contributed by atoms with Gasteiger partial charge in [-0.3, -0.25) is 0 Å². The molecule has 0 saturated heterocycles. The summed E-state index contributed by atoms with van der Waals surface area (Å²) in [5, 5.41) is 4.40. The zero-order chi connectivity index (χ0) is 11.8. The minimum atomic E-state index is 0.695. The highest BCUT2D eigenvalue weighted by atomic mass is 15.3. The Morgan fingerprint density at radius 2 is 1.88 bits per heavy atom. The molecule has 2 heterocycles. The predicted molar refractivity (Wildman–Crippen MR) is 67.6 cm³/mol. The van der Waals surface area contributed by atoms with Crippen LogP contribution in [0, 0.1) is 6.92 Å². The summed E-state index contributed by atoms with van der Waals surface area (Å²) in [5.74, 6) is 0.718. The van der Waals surface area contributed by atoms with E-state index < -0.39 is 0 Å². The second-order valence-electron chi connectivity index (χ2n) is 4.06. The van der Waals surface area contributed by atoms with Crippen molar-refractivity contribution < 1.29 is 0 Å². The van der Waals surface area contributed by atoms with Crippen LogP contribution >= 0.6 is 0 Å². The number of aromatic nitrogens is 3. The van der Waals surface area contributed by atoms with Crippen LogP contribution in [0.25, 0.3) is 17.0 Å². The minimum absolute atomic E-state index is 0.695. The topological polar surface area (TPSA) is 56.2 Å². The number of pyridine rings is 1. The van der Waals surface area contributed by atoms with E-state index in [2.05, 4.69) is 29.1 Å². The molecule has 0 fully saturated rings. The van der Waals surface area contributed by atoms with Crippen LogP contribution in [0.15, 0.2) is 42.6 Å². The van der Waals surface area contributed by atoms with Crippen molar-refractivity contribution in [1.29, 1.82) is 0 Å². The molecule has 3 rings (SSSR count). The Balaban J connectivity index is 2.14. The van der Waals surface area contributed by atoms with Gasteiger partial charge < -0.3 is 5.73 Å². The Bertz CT molecular complexity index is 667. The fourth-order valence-corrected chi connectivity index (χ4v) is 1.72. The van der Waals surface area contributed by atoms with Gasteiger partial charge >= 0.3 is 0 Å². The van der Waals surface area contributed by atoms with E-state index in [1.807, 2.05) is 24.4 Å². The molecule has 0 atom stereocenters. The molecule has 0 aliphatic carbocycles. The molecule has 0 amide bonds. The van der Waals surface area contributed by atoms with Crippen LogP contribution in [-0.2, 0) is 0 Å². The molecule has 0 aliphatic rings. The molecule has 4 nitrogen and oxygen atoms in total.